The van der Waals surface area contributed by atoms with Crippen molar-refractivity contribution in [2.24, 2.45) is 11.8 Å². The van der Waals surface area contributed by atoms with Gasteiger partial charge in [-0.15, -0.1) is 0 Å². The van der Waals surface area contributed by atoms with Gasteiger partial charge in [-0.05, 0) is 18.8 Å². The molecule has 21 heavy (non-hydrogen) atoms. The van der Waals surface area contributed by atoms with Gasteiger partial charge in [0, 0.05) is 6.04 Å². The van der Waals surface area contributed by atoms with Crippen LogP contribution in [0.15, 0.2) is 0 Å². The number of rotatable bonds is 6. The average Bonchev–Trinajstić information content (AvgIpc) is 2.97. The van der Waals surface area contributed by atoms with E-state index in [9.17, 15) is 9.59 Å². The normalized spacial score (nSPS) is 18.8. The van der Waals surface area contributed by atoms with Crippen LogP contribution >= 0.6 is 0 Å². The Morgan fingerprint density at radius 1 is 1.19 bits per heavy atom. The van der Waals surface area contributed by atoms with E-state index in [0.717, 1.165) is 0 Å². The first-order valence-electron chi connectivity index (χ1n) is 6.50. The number of carboxylic acid groups (broad SMARTS) is 2. The maximum Gasteiger partial charge on any atom is 0.335 e. The fourth-order valence-corrected chi connectivity index (χ4v) is 2.09. The summed E-state index contributed by atoms with van der Waals surface area (Å²) in [6, 6.07) is 2.38. The van der Waals surface area contributed by atoms with Crippen molar-refractivity contribution in [1.82, 2.24) is 5.43 Å². The van der Waals surface area contributed by atoms with Crippen molar-refractivity contribution in [3.63, 3.8) is 0 Å². The van der Waals surface area contributed by atoms with E-state index in [4.69, 9.17) is 31.5 Å². The predicted octanol–water partition coefficient (Wildman–Crippen LogP) is -1.20. The van der Waals surface area contributed by atoms with Crippen LogP contribution in [0, 0.1) is 17.2 Å². The fraction of sp³-hybridized carbons (Fsp3) is 0.750. The highest BCUT2D eigenvalue weighted by Crippen LogP contribution is 2.28. The van der Waals surface area contributed by atoms with E-state index in [0.29, 0.717) is 12.3 Å². The summed E-state index contributed by atoms with van der Waals surface area (Å²) in [7, 11) is 0. The first-order valence-corrected chi connectivity index (χ1v) is 6.50. The van der Waals surface area contributed by atoms with Gasteiger partial charge in [-0.25, -0.2) is 9.59 Å². The van der Waals surface area contributed by atoms with Crippen LogP contribution in [0.4, 0.5) is 0 Å². The Morgan fingerprint density at radius 2 is 1.62 bits per heavy atom. The number of carbonyl (C=O) groups is 2. The van der Waals surface area contributed by atoms with E-state index in [-0.39, 0.29) is 6.04 Å². The summed E-state index contributed by atoms with van der Waals surface area (Å²) in [5.74, 6) is 2.44. The summed E-state index contributed by atoms with van der Waals surface area (Å²) in [5, 5.41) is 41.0. The van der Waals surface area contributed by atoms with E-state index in [1.165, 1.54) is 25.7 Å². The van der Waals surface area contributed by atoms with Gasteiger partial charge in [0.15, 0.2) is 12.2 Å². The molecule has 1 fully saturated rings. The quantitative estimate of drug-likeness (QED) is 0.260. The number of aliphatic hydroxyl groups is 2. The topological polar surface area (TPSA) is 177 Å². The van der Waals surface area contributed by atoms with Crippen molar-refractivity contribution in [1.29, 1.82) is 5.26 Å². The van der Waals surface area contributed by atoms with E-state index < -0.39 is 24.1 Å². The molecule has 0 bridgehead atoms. The van der Waals surface area contributed by atoms with E-state index in [1.54, 1.807) is 0 Å². The number of nitrogens with zero attached hydrogens (tertiary/aromatic N) is 1. The molecule has 120 valence electrons. The van der Waals surface area contributed by atoms with Gasteiger partial charge in [-0.3, -0.25) is 11.3 Å². The maximum atomic E-state index is 9.77. The molecule has 1 aliphatic rings. The summed E-state index contributed by atoms with van der Waals surface area (Å²) >= 11 is 0. The lowest BCUT2D eigenvalue weighted by Gasteiger charge is -2.18. The Morgan fingerprint density at radius 3 is 1.90 bits per heavy atom. The highest BCUT2D eigenvalue weighted by molar-refractivity contribution is 5.83. The van der Waals surface area contributed by atoms with Crippen LogP contribution in [0.25, 0.3) is 0 Å². The lowest BCUT2D eigenvalue weighted by molar-refractivity contribution is -0.165. The molecule has 0 heterocycles. The van der Waals surface area contributed by atoms with Crippen molar-refractivity contribution in [3.8, 4) is 6.07 Å². The van der Waals surface area contributed by atoms with Gasteiger partial charge in [0.05, 0.1) is 12.5 Å². The van der Waals surface area contributed by atoms with Crippen LogP contribution in [0.1, 0.15) is 32.1 Å². The van der Waals surface area contributed by atoms with Gasteiger partial charge in [-0.1, -0.05) is 12.8 Å². The highest BCUT2D eigenvalue weighted by Gasteiger charge is 2.29. The van der Waals surface area contributed by atoms with Gasteiger partial charge >= 0.3 is 11.9 Å². The van der Waals surface area contributed by atoms with E-state index in [2.05, 4.69) is 11.5 Å². The molecule has 0 aromatic carbocycles. The van der Waals surface area contributed by atoms with Crippen molar-refractivity contribution in [2.75, 3.05) is 0 Å². The smallest absolute Gasteiger partial charge is 0.335 e. The van der Waals surface area contributed by atoms with Gasteiger partial charge in [-0.2, -0.15) is 5.26 Å². The number of hydrogen-bond donors (Lipinski definition) is 6. The third kappa shape index (κ3) is 7.01. The molecule has 7 N–H and O–H groups in total. The minimum atomic E-state index is -2.27. The number of aliphatic carboxylic acids is 2. The molecule has 1 rings (SSSR count). The van der Waals surface area contributed by atoms with Crippen LogP contribution in [-0.4, -0.2) is 50.6 Å². The number of nitrogens with two attached hydrogens (primary N) is 1. The standard InChI is InChI=1S/C8H15N3.C4H6O6/c9-6-5-8(11-10)7-3-1-2-4-7;5-1(3(7)8)2(6)4(9)10/h7-8,11H,1-5,10H2;1-2,5-6H,(H,7,8)(H,9,10)/t8-;/m1./s1. The van der Waals surface area contributed by atoms with Crippen molar-refractivity contribution in [3.05, 3.63) is 0 Å². The Bertz CT molecular complexity index is 360. The number of carboxylic acids is 2. The molecule has 0 aliphatic heterocycles. The van der Waals surface area contributed by atoms with Crippen molar-refractivity contribution >= 4 is 11.9 Å². The van der Waals surface area contributed by atoms with Crippen LogP contribution in [0.2, 0.25) is 0 Å². The molecule has 0 aromatic heterocycles. The molecule has 0 saturated heterocycles. The fourth-order valence-electron chi connectivity index (χ4n) is 2.09. The summed E-state index contributed by atoms with van der Waals surface area (Å²) in [5.41, 5.74) is 2.72. The summed E-state index contributed by atoms with van der Waals surface area (Å²) < 4.78 is 0. The second-order valence-electron chi connectivity index (χ2n) is 4.75. The number of hydrazine groups is 1. The zero-order valence-corrected chi connectivity index (χ0v) is 11.5. The molecule has 0 radical (unpaired) electrons. The van der Waals surface area contributed by atoms with Gasteiger partial charge < -0.3 is 20.4 Å². The minimum absolute atomic E-state index is 0.225. The van der Waals surface area contributed by atoms with Crippen LogP contribution < -0.4 is 11.3 Å². The number of aliphatic hydroxyl groups excluding tert-OH is 2. The maximum absolute atomic E-state index is 9.77. The molecule has 0 aromatic rings. The molecule has 9 nitrogen and oxygen atoms in total. The molecule has 1 aliphatic carbocycles. The minimum Gasteiger partial charge on any atom is -0.479 e. The van der Waals surface area contributed by atoms with Crippen LogP contribution in [-0.2, 0) is 9.59 Å². The molecule has 0 spiro atoms. The lowest BCUT2D eigenvalue weighted by atomic mass is 9.97. The molecule has 2 unspecified atom stereocenters. The second kappa shape index (κ2) is 10.1. The third-order valence-corrected chi connectivity index (χ3v) is 3.30. The Hall–Kier alpha value is -1.73. The lowest BCUT2D eigenvalue weighted by Crippen LogP contribution is -2.39. The highest BCUT2D eigenvalue weighted by atomic mass is 16.4. The molecular formula is C12H21N3O6. The second-order valence-corrected chi connectivity index (χ2v) is 4.75. The van der Waals surface area contributed by atoms with Crippen molar-refractivity contribution in [2.45, 2.75) is 50.4 Å². The first kappa shape index (κ1) is 19.3. The van der Waals surface area contributed by atoms with Crippen LogP contribution in [0.5, 0.6) is 0 Å². The molecule has 9 heteroatoms. The van der Waals surface area contributed by atoms with Gasteiger partial charge in [0.2, 0.25) is 0 Å². The molecular weight excluding hydrogens is 282 g/mol. The average molecular weight is 303 g/mol. The van der Waals surface area contributed by atoms with E-state index >= 15 is 0 Å². The summed E-state index contributed by atoms with van der Waals surface area (Å²) in [6.45, 7) is 0. The molecule has 0 amide bonds. The summed E-state index contributed by atoms with van der Waals surface area (Å²) in [6.07, 6.45) is 1.08. The Labute approximate surface area is 122 Å². The Balaban J connectivity index is 0.000000384. The van der Waals surface area contributed by atoms with Crippen molar-refractivity contribution < 1.29 is 30.0 Å². The molecule has 3 atom stereocenters. The zero-order valence-electron chi connectivity index (χ0n) is 11.5. The molecule has 1 saturated carbocycles. The van der Waals surface area contributed by atoms with Gasteiger partial charge in [0.1, 0.15) is 0 Å². The SMILES string of the molecule is N#CC[C@@H](NN)C1CCCC1.O=C(O)C(O)C(O)C(=O)O. The predicted molar refractivity (Wildman–Crippen MR) is 70.6 cm³/mol. The monoisotopic (exact) mass is 303 g/mol. The number of nitrogens with one attached hydrogen (secondary N) is 1. The first-order chi connectivity index (χ1) is 9.84. The van der Waals surface area contributed by atoms with E-state index in [1.807, 2.05) is 0 Å². The zero-order chi connectivity index (χ0) is 16.4. The third-order valence-electron chi connectivity index (χ3n) is 3.30. The summed E-state index contributed by atoms with van der Waals surface area (Å²) in [4.78, 5) is 19.5. The number of hydrogen-bond acceptors (Lipinski definition) is 7. The van der Waals surface area contributed by atoms with Gasteiger partial charge in [0.25, 0.3) is 0 Å². The van der Waals surface area contributed by atoms with Crippen LogP contribution in [0.3, 0.4) is 0 Å². The number of nitriles is 1. The largest absolute Gasteiger partial charge is 0.479 e. The Kier molecular flexibility index (Phi) is 9.23.